The minimum Gasteiger partial charge on any atom is -0.351 e. The number of hydrogen-bond acceptors (Lipinski definition) is 3. The number of fused-ring (bicyclic) bond motifs is 1. The van der Waals surface area contributed by atoms with Gasteiger partial charge in [0.05, 0.1) is 0 Å². The summed E-state index contributed by atoms with van der Waals surface area (Å²) in [5.74, 6) is 0.969. The van der Waals surface area contributed by atoms with Crippen LogP contribution in [-0.4, -0.2) is 37.0 Å². The molecule has 0 aromatic rings. The highest BCUT2D eigenvalue weighted by Crippen LogP contribution is 2.41. The Labute approximate surface area is 89.0 Å². The third-order valence-electron chi connectivity index (χ3n) is 3.21. The maximum absolute atomic E-state index is 11.6. The van der Waals surface area contributed by atoms with Gasteiger partial charge in [-0.3, -0.25) is 9.59 Å². The molecule has 0 radical (unpaired) electrons. The molecule has 1 saturated heterocycles. The van der Waals surface area contributed by atoms with Gasteiger partial charge in [-0.25, -0.2) is 0 Å². The van der Waals surface area contributed by atoms with Gasteiger partial charge >= 0.3 is 0 Å². The molecule has 2 aliphatic rings. The van der Waals surface area contributed by atoms with Crippen LogP contribution >= 0.6 is 0 Å². The van der Waals surface area contributed by atoms with Crippen LogP contribution in [0.3, 0.4) is 0 Å². The van der Waals surface area contributed by atoms with E-state index in [-0.39, 0.29) is 11.8 Å². The van der Waals surface area contributed by atoms with E-state index >= 15 is 0 Å². The Morgan fingerprint density at radius 2 is 1.93 bits per heavy atom. The summed E-state index contributed by atoms with van der Waals surface area (Å²) in [4.78, 5) is 22.4. The summed E-state index contributed by atoms with van der Waals surface area (Å²) in [6.07, 6.45) is 0. The highest BCUT2D eigenvalue weighted by atomic mass is 16.2. The molecule has 1 aliphatic heterocycles. The lowest BCUT2D eigenvalue weighted by Gasteiger charge is -2.13. The van der Waals surface area contributed by atoms with Gasteiger partial charge in [-0.1, -0.05) is 0 Å². The van der Waals surface area contributed by atoms with E-state index in [0.717, 1.165) is 13.1 Å². The molecule has 1 saturated carbocycles. The molecule has 5 nitrogen and oxygen atoms in total. The van der Waals surface area contributed by atoms with Crippen molar-refractivity contribution in [2.75, 3.05) is 13.1 Å². The lowest BCUT2D eigenvalue weighted by molar-refractivity contribution is -0.127. The minimum absolute atomic E-state index is 0.0791. The fraction of sp³-hybridized carbons (Fsp3) is 0.800. The van der Waals surface area contributed by atoms with Gasteiger partial charge in [0.15, 0.2) is 0 Å². The number of hydrogen-bond donors (Lipinski definition) is 3. The van der Waals surface area contributed by atoms with Gasteiger partial charge in [-0.05, 0) is 18.8 Å². The molecule has 5 heteroatoms. The van der Waals surface area contributed by atoms with Gasteiger partial charge < -0.3 is 16.0 Å². The van der Waals surface area contributed by atoms with Crippen molar-refractivity contribution >= 4 is 11.8 Å². The van der Waals surface area contributed by atoms with Crippen LogP contribution in [0.4, 0.5) is 0 Å². The molecule has 0 bridgehead atoms. The Bertz CT molecular complexity index is 282. The van der Waals surface area contributed by atoms with Gasteiger partial charge in [0, 0.05) is 26.1 Å². The van der Waals surface area contributed by atoms with E-state index in [1.54, 1.807) is 6.92 Å². The Balaban J connectivity index is 1.75. The van der Waals surface area contributed by atoms with E-state index in [0.29, 0.717) is 17.9 Å². The predicted molar refractivity (Wildman–Crippen MR) is 55.1 cm³/mol. The highest BCUT2D eigenvalue weighted by Gasteiger charge is 2.53. The first-order chi connectivity index (χ1) is 7.09. The molecule has 1 aliphatic carbocycles. The van der Waals surface area contributed by atoms with Crippen molar-refractivity contribution < 1.29 is 9.59 Å². The number of carbonyl (C=O) groups excluding carboxylic acids is 2. The molecule has 2 fully saturated rings. The maximum atomic E-state index is 11.6. The van der Waals surface area contributed by atoms with Crippen molar-refractivity contribution in [2.24, 2.45) is 11.8 Å². The smallest absolute Gasteiger partial charge is 0.242 e. The third-order valence-corrected chi connectivity index (χ3v) is 3.21. The lowest BCUT2D eigenvalue weighted by Crippen LogP contribution is -2.46. The molecule has 0 aromatic heterocycles. The van der Waals surface area contributed by atoms with Gasteiger partial charge in [0.1, 0.15) is 6.04 Å². The van der Waals surface area contributed by atoms with Crippen LogP contribution in [0.15, 0.2) is 0 Å². The van der Waals surface area contributed by atoms with Crippen LogP contribution in [-0.2, 0) is 9.59 Å². The number of nitrogens with one attached hydrogen (secondary N) is 3. The first kappa shape index (κ1) is 10.4. The summed E-state index contributed by atoms with van der Waals surface area (Å²) >= 11 is 0. The molecule has 15 heavy (non-hydrogen) atoms. The molecule has 2 amide bonds. The van der Waals surface area contributed by atoms with Crippen LogP contribution in [0.5, 0.6) is 0 Å². The summed E-state index contributed by atoms with van der Waals surface area (Å²) < 4.78 is 0. The topological polar surface area (TPSA) is 70.2 Å². The van der Waals surface area contributed by atoms with Gasteiger partial charge in [0.2, 0.25) is 11.8 Å². The van der Waals surface area contributed by atoms with Gasteiger partial charge in [-0.15, -0.1) is 0 Å². The number of rotatable bonds is 3. The Morgan fingerprint density at radius 3 is 2.47 bits per heavy atom. The fourth-order valence-corrected chi connectivity index (χ4v) is 2.29. The molecule has 3 unspecified atom stereocenters. The quantitative estimate of drug-likeness (QED) is 0.552. The van der Waals surface area contributed by atoms with E-state index in [2.05, 4.69) is 16.0 Å². The van der Waals surface area contributed by atoms with Crippen molar-refractivity contribution in [2.45, 2.75) is 25.9 Å². The molecule has 3 N–H and O–H groups in total. The molecule has 84 valence electrons. The molecule has 1 heterocycles. The maximum Gasteiger partial charge on any atom is 0.242 e. The van der Waals surface area contributed by atoms with E-state index in [4.69, 9.17) is 0 Å². The van der Waals surface area contributed by atoms with Crippen LogP contribution in [0, 0.1) is 11.8 Å². The number of amides is 2. The lowest BCUT2D eigenvalue weighted by atomic mass is 10.3. The zero-order valence-electron chi connectivity index (χ0n) is 9.04. The first-order valence-electron chi connectivity index (χ1n) is 5.38. The third kappa shape index (κ3) is 2.12. The second-order valence-corrected chi connectivity index (χ2v) is 4.44. The molecule has 2 rings (SSSR count). The predicted octanol–water partition coefficient (Wildman–Crippen LogP) is -1.15. The van der Waals surface area contributed by atoms with Crippen LogP contribution < -0.4 is 16.0 Å². The van der Waals surface area contributed by atoms with E-state index in [9.17, 15) is 9.59 Å². The Hall–Kier alpha value is -1.10. The second-order valence-electron chi connectivity index (χ2n) is 4.44. The zero-order chi connectivity index (χ0) is 11.0. The highest BCUT2D eigenvalue weighted by molar-refractivity contribution is 5.86. The normalized spacial score (nSPS) is 34.1. The summed E-state index contributed by atoms with van der Waals surface area (Å²) in [6, 6.07) is -0.105. The second kappa shape index (κ2) is 3.81. The van der Waals surface area contributed by atoms with Crippen LogP contribution in [0.2, 0.25) is 0 Å². The average Bonchev–Trinajstić information content (AvgIpc) is 2.62. The summed E-state index contributed by atoms with van der Waals surface area (Å²) in [5, 5.41) is 8.81. The van der Waals surface area contributed by atoms with Crippen LogP contribution in [0.1, 0.15) is 13.8 Å². The van der Waals surface area contributed by atoms with Gasteiger partial charge in [0.25, 0.3) is 0 Å². The molecular formula is C10H17N3O2. The SMILES string of the molecule is CC(=O)NC(C)C(=O)NC1C2CNCC21. The fourth-order valence-electron chi connectivity index (χ4n) is 2.29. The molecule has 3 atom stereocenters. The van der Waals surface area contributed by atoms with E-state index < -0.39 is 6.04 Å². The monoisotopic (exact) mass is 211 g/mol. The molecule has 0 aromatic carbocycles. The van der Waals surface area contributed by atoms with Crippen molar-refractivity contribution in [1.29, 1.82) is 0 Å². The van der Waals surface area contributed by atoms with Crippen LogP contribution in [0.25, 0.3) is 0 Å². The minimum atomic E-state index is -0.434. The standard InChI is InChI=1S/C10H17N3O2/c1-5(12-6(2)14)10(15)13-9-7-3-11-4-8(7)9/h5,7-9,11H,3-4H2,1-2H3,(H,12,14)(H,13,15). The van der Waals surface area contributed by atoms with E-state index in [1.807, 2.05) is 0 Å². The summed E-state index contributed by atoms with van der Waals surface area (Å²) in [6.45, 7) is 5.13. The van der Waals surface area contributed by atoms with Crippen molar-refractivity contribution in [3.05, 3.63) is 0 Å². The van der Waals surface area contributed by atoms with Crippen molar-refractivity contribution in [3.63, 3.8) is 0 Å². The zero-order valence-corrected chi connectivity index (χ0v) is 9.04. The Kier molecular flexibility index (Phi) is 2.65. The van der Waals surface area contributed by atoms with E-state index in [1.165, 1.54) is 6.92 Å². The number of carbonyl (C=O) groups is 2. The summed E-state index contributed by atoms with van der Waals surface area (Å²) in [7, 11) is 0. The van der Waals surface area contributed by atoms with Gasteiger partial charge in [-0.2, -0.15) is 0 Å². The first-order valence-corrected chi connectivity index (χ1v) is 5.38. The molecule has 0 spiro atoms. The largest absolute Gasteiger partial charge is 0.351 e. The summed E-state index contributed by atoms with van der Waals surface area (Å²) in [5.41, 5.74) is 0. The Morgan fingerprint density at radius 1 is 1.33 bits per heavy atom. The average molecular weight is 211 g/mol. The molecular weight excluding hydrogens is 194 g/mol. The van der Waals surface area contributed by atoms with Crippen molar-refractivity contribution in [1.82, 2.24) is 16.0 Å². The van der Waals surface area contributed by atoms with Crippen molar-refractivity contribution in [3.8, 4) is 0 Å². The number of piperidine rings is 1.